The second-order valence-electron chi connectivity index (χ2n) is 9.82. The van der Waals surface area contributed by atoms with Gasteiger partial charge in [-0.25, -0.2) is 0 Å². The average Bonchev–Trinajstić information content (AvgIpc) is 2.90. The first-order valence-electron chi connectivity index (χ1n) is 13.5. The largest absolute Gasteiger partial charge is 0.504 e. The normalized spacial score (nSPS) is 15.1. The second-order valence-corrected chi connectivity index (χ2v) is 9.82. The van der Waals surface area contributed by atoms with E-state index < -0.39 is 0 Å². The van der Waals surface area contributed by atoms with Crippen molar-refractivity contribution in [2.24, 2.45) is 5.73 Å². The quantitative estimate of drug-likeness (QED) is 0.157. The van der Waals surface area contributed by atoms with Crippen LogP contribution in [-0.2, 0) is 22.4 Å². The summed E-state index contributed by atoms with van der Waals surface area (Å²) in [4.78, 5) is 24.7. The maximum atomic E-state index is 12.5. The highest BCUT2D eigenvalue weighted by Gasteiger charge is 2.16. The van der Waals surface area contributed by atoms with Crippen LogP contribution >= 0.6 is 0 Å². The van der Waals surface area contributed by atoms with E-state index in [0.717, 1.165) is 54.4 Å². The van der Waals surface area contributed by atoms with Crippen LogP contribution in [0.5, 0.6) is 11.5 Å². The third-order valence-electron chi connectivity index (χ3n) is 6.68. The summed E-state index contributed by atoms with van der Waals surface area (Å²) in [6.07, 6.45) is 13.8. The lowest BCUT2D eigenvalue weighted by atomic mass is 9.93. The number of aromatic hydroxyl groups is 1. The number of carbonyl (C=O) groups excluding carboxylic acids is 2. The number of hydrogen-bond donors (Lipinski definition) is 3. The van der Waals surface area contributed by atoms with Crippen molar-refractivity contribution in [2.75, 3.05) is 7.11 Å². The predicted molar refractivity (Wildman–Crippen MR) is 153 cm³/mol. The molecule has 6 heteroatoms. The number of ether oxygens (including phenoxy) is 1. The van der Waals surface area contributed by atoms with Gasteiger partial charge in [-0.3, -0.25) is 9.59 Å². The van der Waals surface area contributed by atoms with Gasteiger partial charge in [0.15, 0.2) is 17.3 Å². The topological polar surface area (TPSA) is 102 Å². The molecule has 1 aliphatic heterocycles. The Labute approximate surface area is 226 Å². The summed E-state index contributed by atoms with van der Waals surface area (Å²) in [5.74, 6) is 0.0995. The van der Waals surface area contributed by atoms with Gasteiger partial charge in [0.25, 0.3) is 0 Å². The molecule has 0 aliphatic carbocycles. The fourth-order valence-corrected chi connectivity index (χ4v) is 4.54. The molecule has 202 valence electrons. The Bertz CT molecular complexity index is 1180. The lowest BCUT2D eigenvalue weighted by molar-refractivity contribution is -0.124. The zero-order chi connectivity index (χ0) is 27.3. The summed E-state index contributed by atoms with van der Waals surface area (Å²) in [5, 5.41) is 13.7. The van der Waals surface area contributed by atoms with Gasteiger partial charge in [-0.15, -0.1) is 0 Å². The van der Waals surface area contributed by atoms with Crippen molar-refractivity contribution in [1.82, 2.24) is 5.32 Å². The smallest absolute Gasteiger partial charge is 0.163 e. The minimum Gasteiger partial charge on any atom is -0.504 e. The van der Waals surface area contributed by atoms with Crippen LogP contribution < -0.4 is 15.8 Å². The lowest BCUT2D eigenvalue weighted by Gasteiger charge is -2.23. The van der Waals surface area contributed by atoms with E-state index in [1.165, 1.54) is 25.2 Å². The number of allylic oxidation sites excluding steroid dienone is 3. The molecular formula is C32H40N2O4. The minimum absolute atomic E-state index is 0.0227. The maximum absolute atomic E-state index is 12.5. The third kappa shape index (κ3) is 9.03. The Balaban J connectivity index is 1.70. The van der Waals surface area contributed by atoms with E-state index in [2.05, 4.69) is 30.4 Å². The maximum Gasteiger partial charge on any atom is 0.163 e. The molecule has 0 amide bonds. The summed E-state index contributed by atoms with van der Waals surface area (Å²) in [5.41, 5.74) is 11.1. The monoisotopic (exact) mass is 516 g/mol. The highest BCUT2D eigenvalue weighted by Crippen LogP contribution is 2.32. The molecule has 1 atom stereocenters. The van der Waals surface area contributed by atoms with Crippen LogP contribution in [0.4, 0.5) is 0 Å². The molecule has 0 saturated heterocycles. The SMILES string of the molecule is CCCCCCCC(=O)CC(=O)C=Cc1cc(OC)c(O)cc1CC1=CNC(N)C(Cc2ccccc2)=C1. The molecule has 0 saturated carbocycles. The van der Waals surface area contributed by atoms with Crippen molar-refractivity contribution in [3.05, 3.63) is 88.7 Å². The lowest BCUT2D eigenvalue weighted by Crippen LogP contribution is -2.38. The highest BCUT2D eigenvalue weighted by molar-refractivity contribution is 6.06. The first-order valence-corrected chi connectivity index (χ1v) is 13.5. The van der Waals surface area contributed by atoms with Crippen LogP contribution in [-0.4, -0.2) is 29.9 Å². The molecule has 1 aliphatic rings. The van der Waals surface area contributed by atoms with Crippen LogP contribution in [0.25, 0.3) is 6.08 Å². The van der Waals surface area contributed by atoms with Crippen LogP contribution in [0, 0.1) is 0 Å². The molecule has 4 N–H and O–H groups in total. The van der Waals surface area contributed by atoms with Crippen molar-refractivity contribution >= 4 is 17.6 Å². The number of rotatable bonds is 15. The molecule has 6 nitrogen and oxygen atoms in total. The standard InChI is InChI=1S/C32H40N2O4/c1-3-4-5-6-10-13-28(35)21-29(36)15-14-25-20-31(38-2)30(37)19-26(25)17-24-18-27(32(33)34-22-24)16-23-11-8-7-9-12-23/h7-9,11-12,14-15,18-20,22,32,34,37H,3-6,10,13,16-17,21,33H2,1-2H3. The molecule has 0 bridgehead atoms. The Morgan fingerprint density at radius 2 is 1.84 bits per heavy atom. The van der Waals surface area contributed by atoms with Crippen LogP contribution in [0.3, 0.4) is 0 Å². The molecule has 2 aromatic rings. The number of nitrogens with two attached hydrogens (primary N) is 1. The van der Waals surface area contributed by atoms with Crippen molar-refractivity contribution in [1.29, 1.82) is 0 Å². The fourth-order valence-electron chi connectivity index (χ4n) is 4.54. The van der Waals surface area contributed by atoms with Gasteiger partial charge in [0.05, 0.1) is 19.7 Å². The molecule has 0 fully saturated rings. The number of nitrogens with one attached hydrogen (secondary N) is 1. The van der Waals surface area contributed by atoms with Crippen LogP contribution in [0.1, 0.15) is 68.6 Å². The zero-order valence-electron chi connectivity index (χ0n) is 22.5. The summed E-state index contributed by atoms with van der Waals surface area (Å²) >= 11 is 0. The van der Waals surface area contributed by atoms with Crippen molar-refractivity contribution in [3.63, 3.8) is 0 Å². The number of carbonyl (C=O) groups is 2. The second kappa shape index (κ2) is 14.9. The predicted octanol–water partition coefficient (Wildman–Crippen LogP) is 5.79. The van der Waals surface area contributed by atoms with Gasteiger partial charge < -0.3 is 20.9 Å². The van der Waals surface area contributed by atoms with Crippen LogP contribution in [0.2, 0.25) is 0 Å². The van der Waals surface area contributed by atoms with Gasteiger partial charge in [-0.05, 0) is 65.3 Å². The van der Waals surface area contributed by atoms with Gasteiger partial charge >= 0.3 is 0 Å². The minimum atomic E-state index is -0.274. The van der Waals surface area contributed by atoms with Crippen molar-refractivity contribution < 1.29 is 19.4 Å². The Morgan fingerprint density at radius 1 is 1.08 bits per heavy atom. The number of benzene rings is 2. The van der Waals surface area contributed by atoms with E-state index in [0.29, 0.717) is 18.6 Å². The van der Waals surface area contributed by atoms with Gasteiger partial charge in [-0.2, -0.15) is 0 Å². The average molecular weight is 517 g/mol. The third-order valence-corrected chi connectivity index (χ3v) is 6.68. The molecule has 0 spiro atoms. The van der Waals surface area contributed by atoms with Crippen molar-refractivity contribution in [3.8, 4) is 11.5 Å². The molecule has 38 heavy (non-hydrogen) atoms. The number of dihydropyridines is 1. The Kier molecular flexibility index (Phi) is 11.4. The molecule has 3 rings (SSSR count). The number of phenolic OH excluding ortho intramolecular Hbond substituents is 1. The molecule has 1 unspecified atom stereocenters. The van der Waals surface area contributed by atoms with Gasteiger partial charge in [0.1, 0.15) is 5.78 Å². The Hall–Kier alpha value is -3.64. The number of ketones is 2. The van der Waals surface area contributed by atoms with Gasteiger partial charge in [0, 0.05) is 12.6 Å². The first kappa shape index (κ1) is 28.9. The first-order chi connectivity index (χ1) is 18.4. The molecular weight excluding hydrogens is 476 g/mol. The van der Waals surface area contributed by atoms with E-state index >= 15 is 0 Å². The molecule has 1 heterocycles. The summed E-state index contributed by atoms with van der Waals surface area (Å²) in [7, 11) is 1.49. The summed E-state index contributed by atoms with van der Waals surface area (Å²) in [6.45, 7) is 2.16. The number of hydrogen-bond acceptors (Lipinski definition) is 6. The highest BCUT2D eigenvalue weighted by atomic mass is 16.5. The summed E-state index contributed by atoms with van der Waals surface area (Å²) < 4.78 is 5.29. The molecule has 0 aromatic heterocycles. The van der Waals surface area contributed by atoms with E-state index in [9.17, 15) is 14.7 Å². The number of methoxy groups -OCH3 is 1. The number of unbranched alkanes of at least 4 members (excludes halogenated alkanes) is 4. The van der Waals surface area contributed by atoms with Gasteiger partial charge in [-0.1, -0.05) is 75.1 Å². The molecule has 2 aromatic carbocycles. The Morgan fingerprint density at radius 3 is 2.58 bits per heavy atom. The van der Waals surface area contributed by atoms with E-state index in [1.54, 1.807) is 18.2 Å². The van der Waals surface area contributed by atoms with E-state index in [4.69, 9.17) is 10.5 Å². The zero-order valence-corrected chi connectivity index (χ0v) is 22.5. The molecule has 0 radical (unpaired) electrons. The van der Waals surface area contributed by atoms with Gasteiger partial charge in [0.2, 0.25) is 0 Å². The number of phenols is 1. The number of Topliss-reactive ketones (excluding diaryl/α,β-unsaturated/α-hetero) is 1. The van der Waals surface area contributed by atoms with E-state index in [1.807, 2.05) is 24.4 Å². The van der Waals surface area contributed by atoms with Crippen LogP contribution in [0.15, 0.2) is 72.0 Å². The summed E-state index contributed by atoms with van der Waals surface area (Å²) in [6, 6.07) is 13.5. The van der Waals surface area contributed by atoms with E-state index in [-0.39, 0.29) is 29.9 Å². The van der Waals surface area contributed by atoms with Crippen molar-refractivity contribution in [2.45, 2.75) is 70.9 Å². The fraction of sp³-hybridized carbons (Fsp3) is 0.375.